The number of rotatable bonds is 5. The SMILES string of the molecule is CCc1cc(C(=O)N(CC)CC(N)=NO)n(C)n1. The molecule has 0 fully saturated rings. The summed E-state index contributed by atoms with van der Waals surface area (Å²) >= 11 is 0. The van der Waals surface area contributed by atoms with Crippen molar-refractivity contribution >= 4 is 11.7 Å². The molecular weight excluding hydrogens is 234 g/mol. The van der Waals surface area contributed by atoms with Crippen molar-refractivity contribution < 1.29 is 10.0 Å². The van der Waals surface area contributed by atoms with E-state index in [9.17, 15) is 4.79 Å². The Hall–Kier alpha value is -2.05. The smallest absolute Gasteiger partial charge is 0.272 e. The highest BCUT2D eigenvalue weighted by molar-refractivity contribution is 5.95. The van der Waals surface area contributed by atoms with Gasteiger partial charge in [-0.1, -0.05) is 12.1 Å². The van der Waals surface area contributed by atoms with Crippen LogP contribution < -0.4 is 5.73 Å². The van der Waals surface area contributed by atoms with E-state index in [4.69, 9.17) is 10.9 Å². The Bertz CT molecular complexity index is 452. The fourth-order valence-electron chi connectivity index (χ4n) is 1.62. The van der Waals surface area contributed by atoms with Gasteiger partial charge in [0.2, 0.25) is 0 Å². The van der Waals surface area contributed by atoms with E-state index in [1.54, 1.807) is 17.8 Å². The second-order valence-corrected chi connectivity index (χ2v) is 3.91. The van der Waals surface area contributed by atoms with Gasteiger partial charge in [-0.15, -0.1) is 0 Å². The van der Waals surface area contributed by atoms with E-state index in [0.29, 0.717) is 12.2 Å². The third-order valence-corrected chi connectivity index (χ3v) is 2.66. The first kappa shape index (κ1) is 14.0. The number of likely N-dealkylation sites (N-methyl/N-ethyl adjacent to an activating group) is 1. The zero-order chi connectivity index (χ0) is 13.7. The molecule has 1 rings (SSSR count). The van der Waals surface area contributed by atoms with Crippen LogP contribution in [0.25, 0.3) is 0 Å². The van der Waals surface area contributed by atoms with Gasteiger partial charge in [0.1, 0.15) is 5.69 Å². The lowest BCUT2D eigenvalue weighted by Gasteiger charge is -2.19. The van der Waals surface area contributed by atoms with Gasteiger partial charge in [0, 0.05) is 13.6 Å². The average molecular weight is 253 g/mol. The van der Waals surface area contributed by atoms with Crippen molar-refractivity contribution in [3.63, 3.8) is 0 Å². The molecule has 0 saturated heterocycles. The first-order valence-electron chi connectivity index (χ1n) is 5.82. The zero-order valence-corrected chi connectivity index (χ0v) is 10.9. The number of nitrogens with two attached hydrogens (primary N) is 1. The minimum Gasteiger partial charge on any atom is -0.409 e. The molecule has 0 radical (unpaired) electrons. The monoisotopic (exact) mass is 253 g/mol. The molecule has 0 aliphatic carbocycles. The molecule has 0 atom stereocenters. The van der Waals surface area contributed by atoms with Gasteiger partial charge >= 0.3 is 0 Å². The molecule has 0 aromatic carbocycles. The van der Waals surface area contributed by atoms with Crippen molar-refractivity contribution in [2.45, 2.75) is 20.3 Å². The van der Waals surface area contributed by atoms with E-state index < -0.39 is 0 Å². The van der Waals surface area contributed by atoms with Crippen molar-refractivity contribution in [1.29, 1.82) is 0 Å². The lowest BCUT2D eigenvalue weighted by Crippen LogP contribution is -2.39. The van der Waals surface area contributed by atoms with Gasteiger partial charge in [0.05, 0.1) is 12.2 Å². The van der Waals surface area contributed by atoms with Gasteiger partial charge < -0.3 is 15.8 Å². The third kappa shape index (κ3) is 2.99. The van der Waals surface area contributed by atoms with Crippen LogP contribution >= 0.6 is 0 Å². The number of hydrogen-bond acceptors (Lipinski definition) is 4. The van der Waals surface area contributed by atoms with Gasteiger partial charge in [-0.3, -0.25) is 9.48 Å². The molecule has 1 amide bonds. The Morgan fingerprint density at radius 1 is 1.61 bits per heavy atom. The van der Waals surface area contributed by atoms with Gasteiger partial charge in [0.25, 0.3) is 5.91 Å². The number of carbonyl (C=O) groups excluding carboxylic acids is 1. The first-order valence-corrected chi connectivity index (χ1v) is 5.82. The van der Waals surface area contributed by atoms with Crippen LogP contribution in [0.5, 0.6) is 0 Å². The van der Waals surface area contributed by atoms with Gasteiger partial charge in [0.15, 0.2) is 5.84 Å². The van der Waals surface area contributed by atoms with Crippen molar-refractivity contribution in [2.24, 2.45) is 17.9 Å². The maximum Gasteiger partial charge on any atom is 0.272 e. The minimum atomic E-state index is -0.182. The maximum atomic E-state index is 12.3. The number of aromatic nitrogens is 2. The van der Waals surface area contributed by atoms with Gasteiger partial charge in [-0.2, -0.15) is 5.10 Å². The molecule has 7 heteroatoms. The summed E-state index contributed by atoms with van der Waals surface area (Å²) in [5.41, 5.74) is 6.78. The molecule has 1 aromatic rings. The normalized spacial score (nSPS) is 11.6. The molecule has 0 aliphatic rings. The van der Waals surface area contributed by atoms with Crippen LogP contribution in [0.2, 0.25) is 0 Å². The van der Waals surface area contributed by atoms with E-state index >= 15 is 0 Å². The standard InChI is InChI=1S/C11H19N5O2/c1-4-8-6-9(15(3)13-8)11(17)16(5-2)7-10(12)14-18/h6,18H,4-5,7H2,1-3H3,(H2,12,14). The second-order valence-electron chi connectivity index (χ2n) is 3.91. The van der Waals surface area contributed by atoms with E-state index in [-0.39, 0.29) is 18.3 Å². The molecule has 1 aromatic heterocycles. The van der Waals surface area contributed by atoms with Gasteiger partial charge in [-0.05, 0) is 19.4 Å². The maximum absolute atomic E-state index is 12.3. The van der Waals surface area contributed by atoms with E-state index in [1.807, 2.05) is 13.8 Å². The van der Waals surface area contributed by atoms with E-state index in [0.717, 1.165) is 12.1 Å². The van der Waals surface area contributed by atoms with Crippen molar-refractivity contribution in [3.05, 3.63) is 17.5 Å². The molecule has 0 spiro atoms. The Morgan fingerprint density at radius 3 is 2.72 bits per heavy atom. The molecule has 0 bridgehead atoms. The summed E-state index contributed by atoms with van der Waals surface area (Å²) in [4.78, 5) is 13.7. The Kier molecular flexibility index (Phi) is 4.70. The quantitative estimate of drug-likeness (QED) is 0.339. The summed E-state index contributed by atoms with van der Waals surface area (Å²) < 4.78 is 1.55. The van der Waals surface area contributed by atoms with Crippen LogP contribution in [0.1, 0.15) is 30.0 Å². The molecule has 0 saturated carbocycles. The summed E-state index contributed by atoms with van der Waals surface area (Å²) in [5.74, 6) is -0.179. The van der Waals surface area contributed by atoms with Crippen LogP contribution in [0.15, 0.2) is 11.2 Å². The lowest BCUT2D eigenvalue weighted by atomic mass is 10.2. The molecule has 7 nitrogen and oxygen atoms in total. The minimum absolute atomic E-state index is 0.00285. The van der Waals surface area contributed by atoms with Crippen molar-refractivity contribution in [2.75, 3.05) is 13.1 Å². The van der Waals surface area contributed by atoms with Crippen LogP contribution in [0.4, 0.5) is 0 Å². The zero-order valence-electron chi connectivity index (χ0n) is 10.9. The van der Waals surface area contributed by atoms with Crippen LogP contribution in [0.3, 0.4) is 0 Å². The Balaban J connectivity index is 2.92. The predicted octanol–water partition coefficient (Wildman–Crippen LogP) is 0.191. The highest BCUT2D eigenvalue weighted by atomic mass is 16.4. The highest BCUT2D eigenvalue weighted by Crippen LogP contribution is 2.07. The van der Waals surface area contributed by atoms with Crippen molar-refractivity contribution in [1.82, 2.24) is 14.7 Å². The third-order valence-electron chi connectivity index (χ3n) is 2.66. The largest absolute Gasteiger partial charge is 0.409 e. The number of nitrogens with zero attached hydrogens (tertiary/aromatic N) is 4. The Morgan fingerprint density at radius 2 is 2.28 bits per heavy atom. The first-order chi connectivity index (χ1) is 8.53. The fraction of sp³-hybridized carbons (Fsp3) is 0.545. The summed E-state index contributed by atoms with van der Waals surface area (Å²) in [5, 5.41) is 15.6. The molecule has 0 aliphatic heterocycles. The highest BCUT2D eigenvalue weighted by Gasteiger charge is 2.19. The fourth-order valence-corrected chi connectivity index (χ4v) is 1.62. The lowest BCUT2D eigenvalue weighted by molar-refractivity contribution is 0.0775. The number of carbonyl (C=O) groups is 1. The molecule has 100 valence electrons. The molecule has 0 unspecified atom stereocenters. The molecule has 18 heavy (non-hydrogen) atoms. The van der Waals surface area contributed by atoms with E-state index in [2.05, 4.69) is 10.3 Å². The van der Waals surface area contributed by atoms with Crippen LogP contribution in [0, 0.1) is 0 Å². The van der Waals surface area contributed by atoms with Crippen molar-refractivity contribution in [3.8, 4) is 0 Å². The number of amidine groups is 1. The number of hydrogen-bond donors (Lipinski definition) is 2. The molecule has 1 heterocycles. The number of amides is 1. The van der Waals surface area contributed by atoms with Crippen LogP contribution in [-0.2, 0) is 13.5 Å². The summed E-state index contributed by atoms with van der Waals surface area (Å²) in [6.07, 6.45) is 0.771. The molecule has 3 N–H and O–H groups in total. The Labute approximate surface area is 106 Å². The predicted molar refractivity (Wildman–Crippen MR) is 67.6 cm³/mol. The van der Waals surface area contributed by atoms with Gasteiger partial charge in [-0.25, -0.2) is 0 Å². The number of oxime groups is 1. The second kappa shape index (κ2) is 6.04. The number of aryl methyl sites for hydroxylation is 2. The average Bonchev–Trinajstić information content (AvgIpc) is 2.76. The topological polar surface area (TPSA) is 96.7 Å². The summed E-state index contributed by atoms with van der Waals surface area (Å²) in [6.45, 7) is 4.38. The summed E-state index contributed by atoms with van der Waals surface area (Å²) in [7, 11) is 1.73. The van der Waals surface area contributed by atoms with E-state index in [1.165, 1.54) is 4.90 Å². The molecular formula is C11H19N5O2. The summed E-state index contributed by atoms with van der Waals surface area (Å²) in [6, 6.07) is 1.76. The van der Waals surface area contributed by atoms with Crippen LogP contribution in [-0.4, -0.2) is 44.7 Å².